The number of anilines is 1. The van der Waals surface area contributed by atoms with Crippen molar-refractivity contribution in [2.24, 2.45) is 0 Å². The van der Waals surface area contributed by atoms with Crippen LogP contribution in [0, 0.1) is 0 Å². The van der Waals surface area contributed by atoms with Crippen LogP contribution in [0.3, 0.4) is 0 Å². The van der Waals surface area contributed by atoms with Gasteiger partial charge in [-0.2, -0.15) is 0 Å². The summed E-state index contributed by atoms with van der Waals surface area (Å²) >= 11 is 0. The van der Waals surface area contributed by atoms with Gasteiger partial charge in [0, 0.05) is 44.1 Å². The molecule has 0 saturated carbocycles. The number of hydrogen-bond donors (Lipinski definition) is 0. The molecule has 0 aliphatic carbocycles. The molecular formula is C21H31N3O2. The number of benzene rings is 1. The van der Waals surface area contributed by atoms with Gasteiger partial charge in [0.05, 0.1) is 13.2 Å². The summed E-state index contributed by atoms with van der Waals surface area (Å²) in [5.41, 5.74) is 1.23. The van der Waals surface area contributed by atoms with Crippen LogP contribution < -0.4 is 9.64 Å². The van der Waals surface area contributed by atoms with Crippen LogP contribution in [0.25, 0.3) is 0 Å². The van der Waals surface area contributed by atoms with E-state index >= 15 is 0 Å². The number of rotatable bonds is 5. The van der Waals surface area contributed by atoms with E-state index in [0.717, 1.165) is 58.0 Å². The summed E-state index contributed by atoms with van der Waals surface area (Å²) in [6.07, 6.45) is 7.38. The van der Waals surface area contributed by atoms with Gasteiger partial charge in [-0.25, -0.2) is 0 Å². The van der Waals surface area contributed by atoms with Gasteiger partial charge < -0.3 is 19.3 Å². The molecular weight excluding hydrogens is 326 g/mol. The lowest BCUT2D eigenvalue weighted by atomic mass is 10.1. The third-order valence-corrected chi connectivity index (χ3v) is 5.77. The Kier molecular flexibility index (Phi) is 5.48. The minimum Gasteiger partial charge on any atom is -0.490 e. The van der Waals surface area contributed by atoms with E-state index in [2.05, 4.69) is 65.1 Å². The monoisotopic (exact) mass is 357 g/mol. The summed E-state index contributed by atoms with van der Waals surface area (Å²) < 4.78 is 11.7. The first-order valence-electron chi connectivity index (χ1n) is 10.00. The largest absolute Gasteiger partial charge is 0.490 e. The highest BCUT2D eigenvalue weighted by Crippen LogP contribution is 2.29. The molecule has 26 heavy (non-hydrogen) atoms. The Balaban J connectivity index is 1.31. The van der Waals surface area contributed by atoms with Crippen molar-refractivity contribution in [3.05, 3.63) is 36.5 Å². The lowest BCUT2D eigenvalue weighted by molar-refractivity contribution is 0.0238. The normalized spacial score (nSPS) is 25.5. The van der Waals surface area contributed by atoms with E-state index in [-0.39, 0.29) is 0 Å². The van der Waals surface area contributed by atoms with E-state index in [1.54, 1.807) is 0 Å². The molecule has 0 aromatic heterocycles. The van der Waals surface area contributed by atoms with E-state index in [9.17, 15) is 0 Å². The first kappa shape index (κ1) is 17.8. The van der Waals surface area contributed by atoms with Gasteiger partial charge >= 0.3 is 0 Å². The molecule has 2 saturated heterocycles. The third-order valence-electron chi connectivity index (χ3n) is 5.77. The molecule has 5 heteroatoms. The first-order chi connectivity index (χ1) is 12.7. The van der Waals surface area contributed by atoms with Crippen LogP contribution in [0.1, 0.15) is 26.7 Å². The Morgan fingerprint density at radius 3 is 2.27 bits per heavy atom. The van der Waals surface area contributed by atoms with Crippen LogP contribution in [-0.4, -0.2) is 67.5 Å². The molecule has 0 bridgehead atoms. The van der Waals surface area contributed by atoms with Gasteiger partial charge in [0.25, 0.3) is 0 Å². The first-order valence-corrected chi connectivity index (χ1v) is 10.00. The molecule has 3 aliphatic heterocycles. The zero-order valence-electron chi connectivity index (χ0n) is 16.0. The van der Waals surface area contributed by atoms with Crippen molar-refractivity contribution in [1.29, 1.82) is 0 Å². The van der Waals surface area contributed by atoms with Crippen molar-refractivity contribution in [1.82, 2.24) is 9.80 Å². The fourth-order valence-electron chi connectivity index (χ4n) is 4.03. The molecule has 3 heterocycles. The van der Waals surface area contributed by atoms with Crippen molar-refractivity contribution in [2.45, 2.75) is 45.0 Å². The molecule has 3 aliphatic rings. The highest BCUT2D eigenvalue weighted by molar-refractivity contribution is 5.56. The molecule has 4 rings (SSSR count). The van der Waals surface area contributed by atoms with Crippen LogP contribution in [0.4, 0.5) is 5.69 Å². The van der Waals surface area contributed by atoms with E-state index in [0.29, 0.717) is 18.3 Å². The quantitative estimate of drug-likeness (QED) is 0.808. The maximum absolute atomic E-state index is 6.22. The van der Waals surface area contributed by atoms with Crippen molar-refractivity contribution in [3.63, 3.8) is 0 Å². The van der Waals surface area contributed by atoms with Crippen molar-refractivity contribution in [2.75, 3.05) is 44.3 Å². The van der Waals surface area contributed by atoms with Crippen molar-refractivity contribution in [3.8, 4) is 5.75 Å². The molecule has 0 N–H and O–H groups in total. The lowest BCUT2D eigenvalue weighted by Crippen LogP contribution is -2.53. The van der Waals surface area contributed by atoms with Gasteiger partial charge in [-0.15, -0.1) is 0 Å². The Hall–Kier alpha value is -1.56. The molecule has 2 fully saturated rings. The molecule has 1 aromatic rings. The maximum atomic E-state index is 6.22. The second kappa shape index (κ2) is 7.99. The van der Waals surface area contributed by atoms with Gasteiger partial charge in [-0.3, -0.25) is 4.90 Å². The van der Waals surface area contributed by atoms with Gasteiger partial charge in [0.15, 0.2) is 0 Å². The highest BCUT2D eigenvalue weighted by Gasteiger charge is 2.29. The number of morpholine rings is 1. The predicted molar refractivity (Wildman–Crippen MR) is 105 cm³/mol. The standard InChI is InChI=1S/C21H31N3O2/c1-17(2)22-10-7-20(8-11-22)26-19-5-3-18(4-6-19)24-12-9-21(24)23-13-15-25-16-14-23/h3-6,9,12,17,20-21H,7-8,10-11,13-16H2,1-2H3. The number of ether oxygens (including phenoxy) is 2. The van der Waals surface area contributed by atoms with Crippen LogP contribution in [0.5, 0.6) is 5.75 Å². The summed E-state index contributed by atoms with van der Waals surface area (Å²) in [6, 6.07) is 9.23. The second-order valence-electron chi connectivity index (χ2n) is 7.75. The number of piperidine rings is 1. The minimum atomic E-state index is 0.348. The number of hydrogen-bond acceptors (Lipinski definition) is 5. The number of likely N-dealkylation sites (tertiary alicyclic amines) is 1. The second-order valence-corrected chi connectivity index (χ2v) is 7.75. The Bertz CT molecular complexity index is 602. The Labute approximate surface area is 157 Å². The van der Waals surface area contributed by atoms with Gasteiger partial charge in [0.2, 0.25) is 0 Å². The zero-order chi connectivity index (χ0) is 17.9. The highest BCUT2D eigenvalue weighted by atomic mass is 16.5. The SMILES string of the molecule is CC(C)N1CCC(Oc2ccc(N3C=CC3N3CCOCC3)cc2)CC1. The average Bonchev–Trinajstić information content (AvgIpc) is 2.64. The molecule has 0 amide bonds. The minimum absolute atomic E-state index is 0.348. The van der Waals surface area contributed by atoms with E-state index < -0.39 is 0 Å². The summed E-state index contributed by atoms with van der Waals surface area (Å²) in [5, 5.41) is 0. The molecule has 142 valence electrons. The van der Waals surface area contributed by atoms with Gasteiger partial charge in [-0.1, -0.05) is 0 Å². The van der Waals surface area contributed by atoms with Crippen LogP contribution in [0.2, 0.25) is 0 Å². The molecule has 5 nitrogen and oxygen atoms in total. The van der Waals surface area contributed by atoms with Crippen molar-refractivity contribution >= 4 is 5.69 Å². The van der Waals surface area contributed by atoms with E-state index in [4.69, 9.17) is 9.47 Å². The summed E-state index contributed by atoms with van der Waals surface area (Å²) in [5.74, 6) is 0.990. The summed E-state index contributed by atoms with van der Waals surface area (Å²) in [6.45, 7) is 10.5. The molecule has 0 spiro atoms. The Morgan fingerprint density at radius 2 is 1.69 bits per heavy atom. The smallest absolute Gasteiger partial charge is 0.119 e. The Morgan fingerprint density at radius 1 is 1.00 bits per heavy atom. The van der Waals surface area contributed by atoms with Crippen LogP contribution in [0.15, 0.2) is 36.5 Å². The predicted octanol–water partition coefficient (Wildman–Crippen LogP) is 2.93. The summed E-state index contributed by atoms with van der Waals surface area (Å²) in [4.78, 5) is 7.33. The molecule has 1 unspecified atom stereocenters. The maximum Gasteiger partial charge on any atom is 0.119 e. The lowest BCUT2D eigenvalue weighted by Gasteiger charge is -2.44. The van der Waals surface area contributed by atoms with E-state index in [1.165, 1.54) is 5.69 Å². The number of nitrogens with zero attached hydrogens (tertiary/aromatic N) is 3. The molecule has 1 atom stereocenters. The summed E-state index contributed by atoms with van der Waals surface area (Å²) in [7, 11) is 0. The molecule has 0 radical (unpaired) electrons. The topological polar surface area (TPSA) is 28.2 Å². The fraction of sp³-hybridized carbons (Fsp3) is 0.619. The van der Waals surface area contributed by atoms with Crippen LogP contribution in [-0.2, 0) is 4.74 Å². The van der Waals surface area contributed by atoms with Gasteiger partial charge in [0.1, 0.15) is 18.0 Å². The van der Waals surface area contributed by atoms with E-state index in [1.807, 2.05) is 0 Å². The zero-order valence-corrected chi connectivity index (χ0v) is 16.0. The van der Waals surface area contributed by atoms with Crippen LogP contribution >= 0.6 is 0 Å². The van der Waals surface area contributed by atoms with Crippen molar-refractivity contribution < 1.29 is 9.47 Å². The fourth-order valence-corrected chi connectivity index (χ4v) is 4.03. The average molecular weight is 357 g/mol. The molecule has 1 aromatic carbocycles. The third kappa shape index (κ3) is 3.90. The van der Waals surface area contributed by atoms with Gasteiger partial charge in [-0.05, 0) is 57.0 Å².